The number of nitrogens with zero attached hydrogens (tertiary/aromatic N) is 2. The lowest BCUT2D eigenvalue weighted by Gasteiger charge is -2.40. The van der Waals surface area contributed by atoms with Gasteiger partial charge in [0.15, 0.2) is 0 Å². The Morgan fingerprint density at radius 3 is 2.48 bits per heavy atom. The third-order valence-corrected chi connectivity index (χ3v) is 6.27. The van der Waals surface area contributed by atoms with Crippen LogP contribution in [0.15, 0.2) is 36.0 Å². The van der Waals surface area contributed by atoms with E-state index >= 15 is 0 Å². The minimum absolute atomic E-state index is 0.0838. The van der Waals surface area contributed by atoms with E-state index in [0.717, 1.165) is 44.0 Å². The molecule has 146 valence electrons. The minimum Gasteiger partial charge on any atom is -0.369 e. The van der Waals surface area contributed by atoms with E-state index in [2.05, 4.69) is 47.2 Å². The summed E-state index contributed by atoms with van der Waals surface area (Å²) >= 11 is 0. The second kappa shape index (κ2) is 8.05. The summed E-state index contributed by atoms with van der Waals surface area (Å²) < 4.78 is 14.8. The second-order valence-electron chi connectivity index (χ2n) is 8.39. The SMILES string of the molecule is CC(C)N1CC(c2ccc(N3CCCC3)c(F)c2)=CC=C1C1CCNCC1. The van der Waals surface area contributed by atoms with Gasteiger partial charge in [-0.15, -0.1) is 0 Å². The van der Waals surface area contributed by atoms with E-state index in [1.165, 1.54) is 37.0 Å². The Hall–Kier alpha value is -1.81. The van der Waals surface area contributed by atoms with Gasteiger partial charge in [-0.1, -0.05) is 12.1 Å². The molecule has 0 aromatic heterocycles. The van der Waals surface area contributed by atoms with Crippen molar-refractivity contribution in [2.24, 2.45) is 5.92 Å². The fraction of sp³-hybridized carbons (Fsp3) is 0.565. The predicted molar refractivity (Wildman–Crippen MR) is 111 cm³/mol. The largest absolute Gasteiger partial charge is 0.369 e. The van der Waals surface area contributed by atoms with Crippen LogP contribution in [0.25, 0.3) is 5.57 Å². The third-order valence-electron chi connectivity index (χ3n) is 6.27. The Kier molecular flexibility index (Phi) is 5.53. The van der Waals surface area contributed by atoms with Crippen LogP contribution in [0.1, 0.15) is 45.1 Å². The molecule has 3 aliphatic heterocycles. The zero-order valence-electron chi connectivity index (χ0n) is 16.7. The molecule has 0 atom stereocenters. The Morgan fingerprint density at radius 2 is 1.81 bits per heavy atom. The van der Waals surface area contributed by atoms with Crippen LogP contribution >= 0.6 is 0 Å². The first-order valence-corrected chi connectivity index (χ1v) is 10.6. The molecule has 1 N–H and O–H groups in total. The number of benzene rings is 1. The summed E-state index contributed by atoms with van der Waals surface area (Å²) in [6.07, 6.45) is 9.26. The molecule has 2 saturated heterocycles. The van der Waals surface area contributed by atoms with Gasteiger partial charge in [0.2, 0.25) is 0 Å². The van der Waals surface area contributed by atoms with Crippen LogP contribution in [0.2, 0.25) is 0 Å². The number of allylic oxidation sites excluding steroid dienone is 3. The van der Waals surface area contributed by atoms with E-state index in [1.54, 1.807) is 6.07 Å². The first-order valence-electron chi connectivity index (χ1n) is 10.6. The lowest BCUT2D eigenvalue weighted by molar-refractivity contribution is 0.252. The molecule has 4 heteroatoms. The molecule has 3 nitrogen and oxygen atoms in total. The highest BCUT2D eigenvalue weighted by Gasteiger charge is 2.27. The molecule has 0 unspecified atom stereocenters. The normalized spacial score (nSPS) is 21.6. The van der Waals surface area contributed by atoms with E-state index in [-0.39, 0.29) is 5.82 Å². The van der Waals surface area contributed by atoms with Crippen LogP contribution < -0.4 is 10.2 Å². The number of hydrogen-bond donors (Lipinski definition) is 1. The van der Waals surface area contributed by atoms with Crippen molar-refractivity contribution in [1.29, 1.82) is 0 Å². The Bertz CT molecular complexity index is 725. The molecule has 4 rings (SSSR count). The Balaban J connectivity index is 1.58. The van der Waals surface area contributed by atoms with Gasteiger partial charge in [-0.2, -0.15) is 0 Å². The monoisotopic (exact) mass is 369 g/mol. The van der Waals surface area contributed by atoms with Crippen molar-refractivity contribution in [2.75, 3.05) is 37.6 Å². The summed E-state index contributed by atoms with van der Waals surface area (Å²) in [7, 11) is 0. The van der Waals surface area contributed by atoms with Crippen molar-refractivity contribution in [3.05, 3.63) is 47.4 Å². The number of anilines is 1. The average molecular weight is 370 g/mol. The van der Waals surface area contributed by atoms with Gasteiger partial charge in [-0.3, -0.25) is 0 Å². The molecule has 0 spiro atoms. The molecule has 0 saturated carbocycles. The van der Waals surface area contributed by atoms with E-state index < -0.39 is 0 Å². The zero-order chi connectivity index (χ0) is 18.8. The van der Waals surface area contributed by atoms with Gasteiger partial charge >= 0.3 is 0 Å². The highest BCUT2D eigenvalue weighted by atomic mass is 19.1. The molecule has 27 heavy (non-hydrogen) atoms. The van der Waals surface area contributed by atoms with Crippen LogP contribution in [0.3, 0.4) is 0 Å². The third kappa shape index (κ3) is 3.91. The molecule has 1 aromatic carbocycles. The molecular formula is C23H32FN3. The maximum atomic E-state index is 14.8. The number of rotatable bonds is 4. The van der Waals surface area contributed by atoms with Crippen molar-refractivity contribution in [3.8, 4) is 0 Å². The lowest BCUT2D eigenvalue weighted by atomic mass is 9.89. The van der Waals surface area contributed by atoms with E-state index in [0.29, 0.717) is 12.0 Å². The van der Waals surface area contributed by atoms with Crippen molar-refractivity contribution < 1.29 is 4.39 Å². The lowest BCUT2D eigenvalue weighted by Crippen LogP contribution is -2.39. The maximum absolute atomic E-state index is 14.8. The van der Waals surface area contributed by atoms with Crippen LogP contribution in [0.5, 0.6) is 0 Å². The molecule has 0 amide bonds. The maximum Gasteiger partial charge on any atom is 0.147 e. The van der Waals surface area contributed by atoms with Crippen LogP contribution in [0.4, 0.5) is 10.1 Å². The number of hydrogen-bond acceptors (Lipinski definition) is 3. The number of nitrogens with one attached hydrogen (secondary N) is 1. The van der Waals surface area contributed by atoms with E-state index in [1.807, 2.05) is 6.07 Å². The van der Waals surface area contributed by atoms with Gasteiger partial charge in [0.05, 0.1) is 5.69 Å². The highest BCUT2D eigenvalue weighted by Crippen LogP contribution is 2.33. The zero-order valence-corrected chi connectivity index (χ0v) is 16.7. The van der Waals surface area contributed by atoms with Gasteiger partial charge in [0.1, 0.15) is 5.82 Å². The Morgan fingerprint density at radius 1 is 1.07 bits per heavy atom. The number of halogens is 1. The molecule has 0 bridgehead atoms. The summed E-state index contributed by atoms with van der Waals surface area (Å²) in [6.45, 7) is 9.55. The summed E-state index contributed by atoms with van der Waals surface area (Å²) in [5.74, 6) is 0.556. The molecule has 1 aromatic rings. The molecule has 3 aliphatic rings. The molecule has 2 fully saturated rings. The minimum atomic E-state index is -0.0838. The molecule has 0 radical (unpaired) electrons. The topological polar surface area (TPSA) is 18.5 Å². The average Bonchev–Trinajstić information content (AvgIpc) is 3.22. The van der Waals surface area contributed by atoms with Gasteiger partial charge in [-0.05, 0) is 82.0 Å². The smallest absolute Gasteiger partial charge is 0.147 e. The van der Waals surface area contributed by atoms with Gasteiger partial charge in [-0.25, -0.2) is 4.39 Å². The standard InChI is InChI=1S/C23H32FN3/c1-17(2)27-16-20(6-7-22(27)18-9-11-25-12-10-18)19-5-8-23(21(24)15-19)26-13-3-4-14-26/h5-8,15,17-18,25H,3-4,9-14,16H2,1-2H3. The first kappa shape index (κ1) is 18.5. The van der Waals surface area contributed by atoms with E-state index in [9.17, 15) is 4.39 Å². The summed E-state index contributed by atoms with van der Waals surface area (Å²) in [5.41, 5.74) is 4.46. The highest BCUT2D eigenvalue weighted by molar-refractivity contribution is 5.72. The van der Waals surface area contributed by atoms with E-state index in [4.69, 9.17) is 0 Å². The number of piperidine rings is 1. The fourth-order valence-electron chi connectivity index (χ4n) is 4.69. The molecule has 3 heterocycles. The van der Waals surface area contributed by atoms with Crippen molar-refractivity contribution >= 4 is 11.3 Å². The second-order valence-corrected chi connectivity index (χ2v) is 8.39. The van der Waals surface area contributed by atoms with Crippen LogP contribution in [0, 0.1) is 11.7 Å². The summed E-state index contributed by atoms with van der Waals surface area (Å²) in [6, 6.07) is 6.26. The molecular weight excluding hydrogens is 337 g/mol. The fourth-order valence-corrected chi connectivity index (χ4v) is 4.69. The van der Waals surface area contributed by atoms with Gasteiger partial charge in [0, 0.05) is 37.3 Å². The van der Waals surface area contributed by atoms with Crippen LogP contribution in [-0.4, -0.2) is 43.7 Å². The van der Waals surface area contributed by atoms with Crippen LogP contribution in [-0.2, 0) is 0 Å². The van der Waals surface area contributed by atoms with Crippen molar-refractivity contribution in [3.63, 3.8) is 0 Å². The van der Waals surface area contributed by atoms with Gasteiger partial charge in [0.25, 0.3) is 0 Å². The summed E-state index contributed by atoms with van der Waals surface area (Å²) in [5, 5.41) is 3.46. The van der Waals surface area contributed by atoms with Crippen molar-refractivity contribution in [1.82, 2.24) is 10.2 Å². The predicted octanol–water partition coefficient (Wildman–Crippen LogP) is 4.42. The Labute approximate surface area is 162 Å². The van der Waals surface area contributed by atoms with Gasteiger partial charge < -0.3 is 15.1 Å². The summed E-state index contributed by atoms with van der Waals surface area (Å²) in [4.78, 5) is 4.68. The first-order chi connectivity index (χ1) is 13.1. The quantitative estimate of drug-likeness (QED) is 0.848. The van der Waals surface area contributed by atoms with Crippen molar-refractivity contribution in [2.45, 2.75) is 45.6 Å². The molecule has 0 aliphatic carbocycles.